The molecular weight excluding hydrogens is 296 g/mol. The predicted molar refractivity (Wildman–Crippen MR) is 87.5 cm³/mol. The summed E-state index contributed by atoms with van der Waals surface area (Å²) in [6.07, 6.45) is 1.96. The zero-order valence-corrected chi connectivity index (χ0v) is 13.8. The SMILES string of the molecule is CCCC[C@H](NC(=O)c1cccc(C(=O)N(C)CC)c1)C(=O)O. The molecule has 6 heteroatoms. The summed E-state index contributed by atoms with van der Waals surface area (Å²) in [7, 11) is 1.68. The second-order valence-corrected chi connectivity index (χ2v) is 5.41. The molecule has 23 heavy (non-hydrogen) atoms. The van der Waals surface area contributed by atoms with Gasteiger partial charge in [-0.1, -0.05) is 25.8 Å². The number of nitrogens with zero attached hydrogens (tertiary/aromatic N) is 1. The third-order valence-corrected chi connectivity index (χ3v) is 3.64. The molecule has 0 saturated heterocycles. The molecule has 126 valence electrons. The fourth-order valence-electron chi connectivity index (χ4n) is 2.06. The van der Waals surface area contributed by atoms with Gasteiger partial charge in [-0.2, -0.15) is 0 Å². The van der Waals surface area contributed by atoms with Crippen LogP contribution in [0.4, 0.5) is 0 Å². The fourth-order valence-corrected chi connectivity index (χ4v) is 2.06. The van der Waals surface area contributed by atoms with E-state index in [0.717, 1.165) is 12.8 Å². The van der Waals surface area contributed by atoms with Crippen LogP contribution in [0.3, 0.4) is 0 Å². The van der Waals surface area contributed by atoms with Gasteiger partial charge >= 0.3 is 5.97 Å². The molecule has 1 atom stereocenters. The van der Waals surface area contributed by atoms with Gasteiger partial charge in [-0.3, -0.25) is 9.59 Å². The number of amides is 2. The number of aliphatic carboxylic acids is 1. The average Bonchev–Trinajstić information content (AvgIpc) is 2.56. The Labute approximate surface area is 136 Å². The number of unbranched alkanes of at least 4 members (excludes halogenated alkanes) is 1. The monoisotopic (exact) mass is 320 g/mol. The fraction of sp³-hybridized carbons (Fsp3) is 0.471. The van der Waals surface area contributed by atoms with Crippen molar-refractivity contribution < 1.29 is 19.5 Å². The van der Waals surface area contributed by atoms with Crippen molar-refractivity contribution in [3.05, 3.63) is 35.4 Å². The van der Waals surface area contributed by atoms with E-state index in [1.54, 1.807) is 25.2 Å². The maximum atomic E-state index is 12.2. The number of hydrogen-bond donors (Lipinski definition) is 2. The molecule has 1 aromatic rings. The summed E-state index contributed by atoms with van der Waals surface area (Å²) >= 11 is 0. The molecule has 0 bridgehead atoms. The zero-order chi connectivity index (χ0) is 17.4. The van der Waals surface area contributed by atoms with Crippen LogP contribution in [0.5, 0.6) is 0 Å². The van der Waals surface area contributed by atoms with Crippen LogP contribution in [0.2, 0.25) is 0 Å². The standard InChI is InChI=1S/C17H24N2O4/c1-4-6-10-14(17(22)23)18-15(20)12-8-7-9-13(11-12)16(21)19(3)5-2/h7-9,11,14H,4-6,10H2,1-3H3,(H,18,20)(H,22,23)/t14-/m0/s1. The van der Waals surface area contributed by atoms with Crippen LogP contribution >= 0.6 is 0 Å². The van der Waals surface area contributed by atoms with Gasteiger partial charge in [-0.15, -0.1) is 0 Å². The summed E-state index contributed by atoms with van der Waals surface area (Å²) in [5.74, 6) is -1.71. The third-order valence-electron chi connectivity index (χ3n) is 3.64. The smallest absolute Gasteiger partial charge is 0.326 e. The molecule has 0 spiro atoms. The number of carboxylic acid groups (broad SMARTS) is 1. The zero-order valence-electron chi connectivity index (χ0n) is 13.8. The molecule has 1 aromatic carbocycles. The van der Waals surface area contributed by atoms with E-state index < -0.39 is 17.9 Å². The summed E-state index contributed by atoms with van der Waals surface area (Å²) in [5.41, 5.74) is 0.686. The average molecular weight is 320 g/mol. The highest BCUT2D eigenvalue weighted by Crippen LogP contribution is 2.09. The molecule has 2 N–H and O–H groups in total. The number of hydrogen-bond acceptors (Lipinski definition) is 3. The molecule has 0 radical (unpaired) electrons. The van der Waals surface area contributed by atoms with E-state index >= 15 is 0 Å². The molecular formula is C17H24N2O4. The maximum Gasteiger partial charge on any atom is 0.326 e. The minimum absolute atomic E-state index is 0.178. The Morgan fingerprint density at radius 3 is 2.43 bits per heavy atom. The van der Waals surface area contributed by atoms with E-state index in [2.05, 4.69) is 5.32 Å². The van der Waals surface area contributed by atoms with Gasteiger partial charge in [0.15, 0.2) is 0 Å². The van der Waals surface area contributed by atoms with Gasteiger partial charge in [0.1, 0.15) is 6.04 Å². The molecule has 6 nitrogen and oxygen atoms in total. The predicted octanol–water partition coefficient (Wildman–Crippen LogP) is 2.15. The first-order chi connectivity index (χ1) is 10.9. The van der Waals surface area contributed by atoms with Crippen molar-refractivity contribution in [2.75, 3.05) is 13.6 Å². The number of nitrogens with one attached hydrogen (secondary N) is 1. The van der Waals surface area contributed by atoms with Gasteiger partial charge < -0.3 is 15.3 Å². The molecule has 0 aromatic heterocycles. The Morgan fingerprint density at radius 1 is 1.22 bits per heavy atom. The van der Waals surface area contributed by atoms with Gasteiger partial charge in [-0.05, 0) is 31.5 Å². The van der Waals surface area contributed by atoms with E-state index in [-0.39, 0.29) is 11.5 Å². The van der Waals surface area contributed by atoms with Crippen molar-refractivity contribution in [1.29, 1.82) is 0 Å². The van der Waals surface area contributed by atoms with Crippen LogP contribution in [-0.4, -0.2) is 47.4 Å². The first-order valence-corrected chi connectivity index (χ1v) is 7.79. The molecule has 0 aliphatic heterocycles. The van der Waals surface area contributed by atoms with Crippen molar-refractivity contribution >= 4 is 17.8 Å². The molecule has 0 heterocycles. The van der Waals surface area contributed by atoms with Crippen molar-refractivity contribution in [2.45, 2.75) is 39.2 Å². The van der Waals surface area contributed by atoms with Crippen molar-refractivity contribution in [1.82, 2.24) is 10.2 Å². The van der Waals surface area contributed by atoms with Crippen molar-refractivity contribution in [3.8, 4) is 0 Å². The van der Waals surface area contributed by atoms with Crippen LogP contribution in [0.1, 0.15) is 53.8 Å². The highest BCUT2D eigenvalue weighted by atomic mass is 16.4. The van der Waals surface area contributed by atoms with Gasteiger partial charge in [0.2, 0.25) is 0 Å². The van der Waals surface area contributed by atoms with Crippen LogP contribution < -0.4 is 5.32 Å². The number of benzene rings is 1. The molecule has 0 unspecified atom stereocenters. The molecule has 0 aliphatic rings. The molecule has 1 rings (SSSR count). The quantitative estimate of drug-likeness (QED) is 0.768. The lowest BCUT2D eigenvalue weighted by Gasteiger charge is -2.16. The normalized spacial score (nSPS) is 11.6. The summed E-state index contributed by atoms with van der Waals surface area (Å²) in [6, 6.07) is 5.39. The molecule has 0 aliphatic carbocycles. The van der Waals surface area contributed by atoms with Gasteiger partial charge in [0, 0.05) is 24.7 Å². The summed E-state index contributed by atoms with van der Waals surface area (Å²) in [5, 5.41) is 11.7. The van der Waals surface area contributed by atoms with Crippen LogP contribution in [0.25, 0.3) is 0 Å². The van der Waals surface area contributed by atoms with Crippen molar-refractivity contribution in [2.24, 2.45) is 0 Å². The minimum atomic E-state index is -1.05. The Kier molecular flexibility index (Phi) is 7.25. The second kappa shape index (κ2) is 8.92. The van der Waals surface area contributed by atoms with Gasteiger partial charge in [0.05, 0.1) is 0 Å². The Hall–Kier alpha value is -2.37. The van der Waals surface area contributed by atoms with Crippen LogP contribution in [0, 0.1) is 0 Å². The van der Waals surface area contributed by atoms with E-state index in [1.807, 2.05) is 13.8 Å². The Bertz CT molecular complexity index is 571. The van der Waals surface area contributed by atoms with Crippen LogP contribution in [0.15, 0.2) is 24.3 Å². The van der Waals surface area contributed by atoms with E-state index in [1.165, 1.54) is 11.0 Å². The number of rotatable bonds is 8. The Balaban J connectivity index is 2.87. The largest absolute Gasteiger partial charge is 0.480 e. The highest BCUT2D eigenvalue weighted by Gasteiger charge is 2.20. The third kappa shape index (κ3) is 5.39. The summed E-state index contributed by atoms with van der Waals surface area (Å²) < 4.78 is 0. The number of carboxylic acids is 1. The first kappa shape index (κ1) is 18.7. The lowest BCUT2D eigenvalue weighted by atomic mass is 10.1. The van der Waals surface area contributed by atoms with E-state index in [0.29, 0.717) is 18.5 Å². The maximum absolute atomic E-state index is 12.2. The van der Waals surface area contributed by atoms with Crippen molar-refractivity contribution in [3.63, 3.8) is 0 Å². The Morgan fingerprint density at radius 2 is 1.87 bits per heavy atom. The molecule has 0 fully saturated rings. The number of carbonyl (C=O) groups is 3. The van der Waals surface area contributed by atoms with E-state index in [9.17, 15) is 14.4 Å². The minimum Gasteiger partial charge on any atom is -0.480 e. The van der Waals surface area contributed by atoms with Gasteiger partial charge in [-0.25, -0.2) is 4.79 Å². The van der Waals surface area contributed by atoms with Crippen LogP contribution in [-0.2, 0) is 4.79 Å². The first-order valence-electron chi connectivity index (χ1n) is 7.79. The summed E-state index contributed by atoms with van der Waals surface area (Å²) in [4.78, 5) is 37.1. The summed E-state index contributed by atoms with van der Waals surface area (Å²) in [6.45, 7) is 4.38. The molecule has 0 saturated carbocycles. The topological polar surface area (TPSA) is 86.7 Å². The second-order valence-electron chi connectivity index (χ2n) is 5.41. The van der Waals surface area contributed by atoms with E-state index in [4.69, 9.17) is 5.11 Å². The highest BCUT2D eigenvalue weighted by molar-refractivity contribution is 6.00. The number of carbonyl (C=O) groups excluding carboxylic acids is 2. The van der Waals surface area contributed by atoms with Gasteiger partial charge in [0.25, 0.3) is 11.8 Å². The molecule has 2 amide bonds. The lowest BCUT2D eigenvalue weighted by Crippen LogP contribution is -2.40. The lowest BCUT2D eigenvalue weighted by molar-refractivity contribution is -0.139.